The molecule has 0 amide bonds. The number of rotatable bonds is 4. The number of carbonyl (C=O) groups is 1. The summed E-state index contributed by atoms with van der Waals surface area (Å²) in [5.41, 5.74) is 1.22. The molecule has 1 N–H and O–H groups in total. The Morgan fingerprint density at radius 3 is 2.53 bits per heavy atom. The Bertz CT molecular complexity index is 342. The van der Waals surface area contributed by atoms with Crippen LogP contribution in [0.15, 0.2) is 24.3 Å². The lowest BCUT2D eigenvalue weighted by Crippen LogP contribution is -2.05. The summed E-state index contributed by atoms with van der Waals surface area (Å²) in [6.07, 6.45) is 0.420. The Labute approximate surface area is 87.5 Å². The Morgan fingerprint density at radius 2 is 2.07 bits per heavy atom. The van der Waals surface area contributed by atoms with E-state index in [4.69, 9.17) is 5.11 Å². The van der Waals surface area contributed by atoms with Crippen LogP contribution in [0.3, 0.4) is 0 Å². The summed E-state index contributed by atoms with van der Waals surface area (Å²) < 4.78 is 4.50. The lowest BCUT2D eigenvalue weighted by atomic mass is 10.1. The summed E-state index contributed by atoms with van der Waals surface area (Å²) in [6.45, 7) is 0. The second-order valence-corrected chi connectivity index (χ2v) is 3.01. The van der Waals surface area contributed by atoms with Gasteiger partial charge < -0.3 is 9.84 Å². The van der Waals surface area contributed by atoms with Crippen molar-refractivity contribution in [3.8, 4) is 0 Å². The van der Waals surface area contributed by atoms with Gasteiger partial charge in [-0.05, 0) is 11.1 Å². The fourth-order valence-electron chi connectivity index (χ4n) is 1.12. The van der Waals surface area contributed by atoms with Crippen molar-refractivity contribution in [1.82, 2.24) is 0 Å². The van der Waals surface area contributed by atoms with E-state index in [2.05, 4.69) is 4.74 Å². The summed E-state index contributed by atoms with van der Waals surface area (Å²) in [7, 11) is 1.32. The maximum Gasteiger partial charge on any atom is 0.309 e. The first kappa shape index (κ1) is 11.4. The summed E-state index contributed by atoms with van der Waals surface area (Å²) >= 11 is 0. The van der Waals surface area contributed by atoms with Crippen LogP contribution >= 0.6 is 0 Å². The molecule has 0 aliphatic rings. The van der Waals surface area contributed by atoms with Crippen LogP contribution in [0.1, 0.15) is 17.2 Å². The zero-order valence-electron chi connectivity index (χ0n) is 8.27. The van der Waals surface area contributed by atoms with E-state index in [1.165, 1.54) is 13.4 Å². The van der Waals surface area contributed by atoms with Crippen molar-refractivity contribution in [2.45, 2.75) is 12.5 Å². The number of methoxy groups -OCH3 is 1. The van der Waals surface area contributed by atoms with Crippen molar-refractivity contribution < 1.29 is 19.4 Å². The predicted octanol–water partition coefficient (Wildman–Crippen LogP) is 0.545. The Morgan fingerprint density at radius 1 is 1.47 bits per heavy atom. The van der Waals surface area contributed by atoms with Crippen molar-refractivity contribution in [3.63, 3.8) is 0 Å². The average Bonchev–Trinajstić information content (AvgIpc) is 2.29. The van der Waals surface area contributed by atoms with Gasteiger partial charge in [0.15, 0.2) is 0 Å². The van der Waals surface area contributed by atoms with Crippen LogP contribution in [-0.4, -0.2) is 24.5 Å². The molecule has 79 valence electrons. The number of hydrogen-bond acceptors (Lipinski definition) is 4. The van der Waals surface area contributed by atoms with Crippen LogP contribution in [0.25, 0.3) is 0 Å². The maximum absolute atomic E-state index is 10.9. The predicted molar refractivity (Wildman–Crippen MR) is 52.8 cm³/mol. The van der Waals surface area contributed by atoms with Crippen LogP contribution in [-0.2, 0) is 20.7 Å². The lowest BCUT2D eigenvalue weighted by Gasteiger charge is -2.04. The van der Waals surface area contributed by atoms with E-state index in [-0.39, 0.29) is 12.4 Å². The van der Waals surface area contributed by atoms with Crippen LogP contribution in [0.2, 0.25) is 0 Å². The van der Waals surface area contributed by atoms with E-state index < -0.39 is 6.10 Å². The summed E-state index contributed by atoms with van der Waals surface area (Å²) in [4.78, 5) is 21.1. The molecular weight excluding hydrogens is 196 g/mol. The van der Waals surface area contributed by atoms with E-state index >= 15 is 0 Å². The molecule has 0 spiro atoms. The molecular formula is C11H11O4. The van der Waals surface area contributed by atoms with E-state index in [9.17, 15) is 9.59 Å². The van der Waals surface area contributed by atoms with Crippen LogP contribution in [0, 0.1) is 0 Å². The minimum atomic E-state index is -1.22. The smallest absolute Gasteiger partial charge is 0.309 e. The van der Waals surface area contributed by atoms with Gasteiger partial charge in [0.1, 0.15) is 6.10 Å². The number of benzene rings is 1. The van der Waals surface area contributed by atoms with Gasteiger partial charge in [0.25, 0.3) is 0 Å². The molecule has 1 rings (SSSR count). The third-order valence-electron chi connectivity index (χ3n) is 1.98. The zero-order chi connectivity index (χ0) is 11.3. The topological polar surface area (TPSA) is 63.6 Å². The fraction of sp³-hybridized carbons (Fsp3) is 0.273. The van der Waals surface area contributed by atoms with Crippen molar-refractivity contribution in [1.29, 1.82) is 0 Å². The second-order valence-electron chi connectivity index (χ2n) is 3.01. The molecule has 0 saturated carbocycles. The molecule has 0 heterocycles. The molecule has 1 radical (unpaired) electrons. The van der Waals surface area contributed by atoms with E-state index in [1.807, 2.05) is 0 Å². The quantitative estimate of drug-likeness (QED) is 0.732. The average molecular weight is 207 g/mol. The van der Waals surface area contributed by atoms with Crippen LogP contribution in [0.5, 0.6) is 0 Å². The highest BCUT2D eigenvalue weighted by molar-refractivity contribution is 5.72. The van der Waals surface area contributed by atoms with Crippen molar-refractivity contribution in [3.05, 3.63) is 35.4 Å². The first-order valence-corrected chi connectivity index (χ1v) is 4.38. The molecule has 0 aliphatic heterocycles. The fourth-order valence-corrected chi connectivity index (χ4v) is 1.12. The zero-order valence-corrected chi connectivity index (χ0v) is 8.27. The molecule has 0 aliphatic carbocycles. The van der Waals surface area contributed by atoms with Gasteiger partial charge in [-0.2, -0.15) is 0 Å². The van der Waals surface area contributed by atoms with Gasteiger partial charge in [-0.15, -0.1) is 0 Å². The third-order valence-corrected chi connectivity index (χ3v) is 1.98. The Kier molecular flexibility index (Phi) is 4.00. The highest BCUT2D eigenvalue weighted by Crippen LogP contribution is 2.12. The SMILES string of the molecule is COC(=O)Cc1ccc(C(O)[C]=O)cc1. The summed E-state index contributed by atoms with van der Waals surface area (Å²) in [5, 5.41) is 9.13. The van der Waals surface area contributed by atoms with Gasteiger partial charge in [-0.25, -0.2) is 0 Å². The van der Waals surface area contributed by atoms with E-state index in [1.54, 1.807) is 24.3 Å². The number of carbonyl (C=O) groups excluding carboxylic acids is 2. The second kappa shape index (κ2) is 5.26. The molecule has 1 aromatic rings. The molecule has 1 atom stereocenters. The summed E-state index contributed by atoms with van der Waals surface area (Å²) in [5.74, 6) is -0.328. The molecule has 4 heteroatoms. The van der Waals surface area contributed by atoms with Gasteiger partial charge in [0, 0.05) is 0 Å². The maximum atomic E-state index is 10.9. The molecule has 4 nitrogen and oxygen atoms in total. The highest BCUT2D eigenvalue weighted by atomic mass is 16.5. The monoisotopic (exact) mass is 207 g/mol. The van der Waals surface area contributed by atoms with E-state index in [0.717, 1.165) is 5.56 Å². The molecule has 0 aromatic heterocycles. The van der Waals surface area contributed by atoms with Crippen molar-refractivity contribution in [2.75, 3.05) is 7.11 Å². The molecule has 0 fully saturated rings. The largest absolute Gasteiger partial charge is 0.469 e. The van der Waals surface area contributed by atoms with Crippen LogP contribution in [0.4, 0.5) is 0 Å². The van der Waals surface area contributed by atoms with Crippen molar-refractivity contribution in [2.24, 2.45) is 0 Å². The number of hydrogen-bond donors (Lipinski definition) is 1. The molecule has 15 heavy (non-hydrogen) atoms. The van der Waals surface area contributed by atoms with Gasteiger partial charge in [-0.3, -0.25) is 9.59 Å². The minimum absolute atomic E-state index is 0.178. The number of esters is 1. The lowest BCUT2D eigenvalue weighted by molar-refractivity contribution is -0.139. The molecule has 1 aromatic carbocycles. The number of aliphatic hydroxyl groups excluding tert-OH is 1. The standard InChI is InChI=1S/C11H11O4/c1-15-11(14)6-8-2-4-9(5-3-8)10(13)7-12/h2-5,10,13H,6H2,1H3. The van der Waals surface area contributed by atoms with Gasteiger partial charge in [0.2, 0.25) is 6.29 Å². The Hall–Kier alpha value is -1.68. The minimum Gasteiger partial charge on any atom is -0.469 e. The first-order valence-electron chi connectivity index (χ1n) is 4.38. The first-order chi connectivity index (χ1) is 7.17. The number of ether oxygens (including phenoxy) is 1. The van der Waals surface area contributed by atoms with Crippen molar-refractivity contribution >= 4 is 12.3 Å². The highest BCUT2D eigenvalue weighted by Gasteiger charge is 2.07. The third kappa shape index (κ3) is 3.18. The summed E-state index contributed by atoms with van der Waals surface area (Å²) in [6, 6.07) is 6.47. The van der Waals surface area contributed by atoms with E-state index in [0.29, 0.717) is 5.56 Å². The molecule has 0 bridgehead atoms. The van der Waals surface area contributed by atoms with Gasteiger partial charge in [0.05, 0.1) is 13.5 Å². The van der Waals surface area contributed by atoms with Crippen LogP contribution < -0.4 is 0 Å². The Balaban J connectivity index is 2.72. The van der Waals surface area contributed by atoms with Gasteiger partial charge in [-0.1, -0.05) is 24.3 Å². The normalized spacial score (nSPS) is 11.9. The number of aliphatic hydroxyl groups is 1. The van der Waals surface area contributed by atoms with Gasteiger partial charge >= 0.3 is 5.97 Å². The molecule has 1 unspecified atom stereocenters. The molecule has 0 saturated heterocycles.